The molecule has 2 aliphatic heterocycles. The van der Waals surface area contributed by atoms with Gasteiger partial charge in [-0.25, -0.2) is 0 Å². The van der Waals surface area contributed by atoms with Crippen LogP contribution in [0.4, 0.5) is 11.4 Å². The molecule has 0 radical (unpaired) electrons. The van der Waals surface area contributed by atoms with Crippen molar-refractivity contribution in [2.45, 2.75) is 38.1 Å². The smallest absolute Gasteiger partial charge is 0.241 e. The number of carbonyl (C=O) groups excluding carboxylic acids is 2. The average molecular weight is 299 g/mol. The van der Waals surface area contributed by atoms with Crippen LogP contribution in [0.3, 0.4) is 0 Å². The molecule has 1 aromatic carbocycles. The highest BCUT2D eigenvalue weighted by atomic mass is 16.2. The van der Waals surface area contributed by atoms with Crippen molar-refractivity contribution in [2.75, 3.05) is 23.3 Å². The summed E-state index contributed by atoms with van der Waals surface area (Å²) in [6.07, 6.45) is 4.90. The number of hydrogen-bond donors (Lipinski definition) is 2. The monoisotopic (exact) mass is 299 g/mol. The molecule has 3 aliphatic rings. The lowest BCUT2D eigenvalue weighted by atomic mass is 10.1. The third kappa shape index (κ3) is 2.50. The van der Waals surface area contributed by atoms with Gasteiger partial charge in [-0.3, -0.25) is 9.59 Å². The zero-order valence-electron chi connectivity index (χ0n) is 12.6. The molecule has 2 heterocycles. The van der Waals surface area contributed by atoms with Crippen LogP contribution in [0.2, 0.25) is 0 Å². The molecule has 2 fully saturated rings. The Balaban J connectivity index is 1.48. The van der Waals surface area contributed by atoms with Gasteiger partial charge in [-0.05, 0) is 62.4 Å². The van der Waals surface area contributed by atoms with Crippen molar-refractivity contribution in [3.63, 3.8) is 0 Å². The van der Waals surface area contributed by atoms with Crippen LogP contribution in [-0.4, -0.2) is 30.9 Å². The van der Waals surface area contributed by atoms with Gasteiger partial charge < -0.3 is 15.5 Å². The van der Waals surface area contributed by atoms with Gasteiger partial charge in [0.2, 0.25) is 11.8 Å². The largest absolute Gasteiger partial charge is 0.325 e. The SMILES string of the molecule is O=C(Nc1ccc2c(c1)CCN2C(=O)C1CC1)[C@@H]1CCCN1. The molecule has 1 aromatic rings. The van der Waals surface area contributed by atoms with E-state index in [2.05, 4.69) is 10.6 Å². The van der Waals surface area contributed by atoms with Crippen molar-refractivity contribution in [3.8, 4) is 0 Å². The van der Waals surface area contributed by atoms with Gasteiger partial charge in [0.05, 0.1) is 6.04 Å². The van der Waals surface area contributed by atoms with Gasteiger partial charge in [0.15, 0.2) is 0 Å². The number of hydrogen-bond acceptors (Lipinski definition) is 3. The number of benzene rings is 1. The summed E-state index contributed by atoms with van der Waals surface area (Å²) in [5, 5.41) is 6.19. The number of carbonyl (C=O) groups is 2. The maximum atomic E-state index is 12.3. The molecule has 1 saturated heterocycles. The van der Waals surface area contributed by atoms with Crippen LogP contribution in [0, 0.1) is 5.92 Å². The van der Waals surface area contributed by atoms with Crippen molar-refractivity contribution in [3.05, 3.63) is 23.8 Å². The number of nitrogens with zero attached hydrogens (tertiary/aromatic N) is 1. The molecule has 0 bridgehead atoms. The highest BCUT2D eigenvalue weighted by molar-refractivity contribution is 5.99. The average Bonchev–Trinajstić information content (AvgIpc) is 3.07. The van der Waals surface area contributed by atoms with Gasteiger partial charge in [-0.15, -0.1) is 0 Å². The fourth-order valence-corrected chi connectivity index (χ4v) is 3.40. The van der Waals surface area contributed by atoms with E-state index in [0.717, 1.165) is 62.1 Å². The number of anilines is 2. The predicted molar refractivity (Wildman–Crippen MR) is 84.9 cm³/mol. The normalized spacial score (nSPS) is 23.5. The lowest BCUT2D eigenvalue weighted by molar-refractivity contribution is -0.119. The Labute approximate surface area is 130 Å². The molecule has 1 atom stereocenters. The number of amides is 2. The predicted octanol–water partition coefficient (Wildman–Crippen LogP) is 1.68. The first-order chi connectivity index (χ1) is 10.7. The summed E-state index contributed by atoms with van der Waals surface area (Å²) < 4.78 is 0. The van der Waals surface area contributed by atoms with E-state index in [-0.39, 0.29) is 23.8 Å². The first-order valence-corrected chi connectivity index (χ1v) is 8.21. The molecule has 0 aromatic heterocycles. The van der Waals surface area contributed by atoms with Crippen molar-refractivity contribution in [1.29, 1.82) is 0 Å². The van der Waals surface area contributed by atoms with Crippen LogP contribution >= 0.6 is 0 Å². The van der Waals surface area contributed by atoms with E-state index in [9.17, 15) is 9.59 Å². The fourth-order valence-electron chi connectivity index (χ4n) is 3.40. The zero-order chi connectivity index (χ0) is 15.1. The van der Waals surface area contributed by atoms with E-state index >= 15 is 0 Å². The van der Waals surface area contributed by atoms with Crippen LogP contribution < -0.4 is 15.5 Å². The molecular weight excluding hydrogens is 278 g/mol. The van der Waals surface area contributed by atoms with Gasteiger partial charge in [0.25, 0.3) is 0 Å². The minimum atomic E-state index is -0.0683. The Hall–Kier alpha value is -1.88. The first kappa shape index (κ1) is 13.8. The highest BCUT2D eigenvalue weighted by Gasteiger charge is 2.36. The fraction of sp³-hybridized carbons (Fsp3) is 0.529. The summed E-state index contributed by atoms with van der Waals surface area (Å²) in [6.45, 7) is 1.69. The van der Waals surface area contributed by atoms with Gasteiger partial charge >= 0.3 is 0 Å². The van der Waals surface area contributed by atoms with Crippen LogP contribution in [-0.2, 0) is 16.0 Å². The van der Waals surface area contributed by atoms with Gasteiger partial charge in [0, 0.05) is 23.8 Å². The molecular formula is C17H21N3O2. The standard InChI is InChI=1S/C17H21N3O2/c21-16(14-2-1-8-18-14)19-13-5-6-15-12(10-13)7-9-20(15)17(22)11-3-4-11/h5-6,10-11,14,18H,1-4,7-9H2,(H,19,21)/t14-/m0/s1. The van der Waals surface area contributed by atoms with Gasteiger partial charge in [-0.2, -0.15) is 0 Å². The van der Waals surface area contributed by atoms with Crippen molar-refractivity contribution >= 4 is 23.2 Å². The first-order valence-electron chi connectivity index (χ1n) is 8.21. The number of nitrogens with one attached hydrogen (secondary N) is 2. The lowest BCUT2D eigenvalue weighted by Crippen LogP contribution is -2.35. The number of rotatable bonds is 3. The van der Waals surface area contributed by atoms with Crippen LogP contribution in [0.25, 0.3) is 0 Å². The van der Waals surface area contributed by atoms with Crippen molar-refractivity contribution < 1.29 is 9.59 Å². The maximum Gasteiger partial charge on any atom is 0.241 e. The highest BCUT2D eigenvalue weighted by Crippen LogP contribution is 2.37. The molecule has 1 saturated carbocycles. The third-order valence-electron chi connectivity index (χ3n) is 4.81. The van der Waals surface area contributed by atoms with Crippen LogP contribution in [0.5, 0.6) is 0 Å². The molecule has 4 rings (SSSR count). The second-order valence-corrected chi connectivity index (χ2v) is 6.50. The Bertz CT molecular complexity index is 618. The lowest BCUT2D eigenvalue weighted by Gasteiger charge is -2.17. The summed E-state index contributed by atoms with van der Waals surface area (Å²) in [4.78, 5) is 26.3. The van der Waals surface area contributed by atoms with E-state index in [1.165, 1.54) is 0 Å². The molecule has 1 aliphatic carbocycles. The molecule has 5 heteroatoms. The number of fused-ring (bicyclic) bond motifs is 1. The minimum absolute atomic E-state index is 0.0429. The second kappa shape index (κ2) is 5.39. The zero-order valence-corrected chi connectivity index (χ0v) is 12.6. The van der Waals surface area contributed by atoms with Crippen LogP contribution in [0.1, 0.15) is 31.2 Å². The minimum Gasteiger partial charge on any atom is -0.325 e. The van der Waals surface area contributed by atoms with E-state index in [4.69, 9.17) is 0 Å². The Morgan fingerprint density at radius 3 is 2.82 bits per heavy atom. The summed E-state index contributed by atoms with van der Waals surface area (Å²) in [7, 11) is 0. The van der Waals surface area contributed by atoms with Crippen molar-refractivity contribution in [2.24, 2.45) is 5.92 Å². The van der Waals surface area contributed by atoms with E-state index in [0.29, 0.717) is 0 Å². The summed E-state index contributed by atoms with van der Waals surface area (Å²) in [6, 6.07) is 5.83. The molecule has 22 heavy (non-hydrogen) atoms. The van der Waals surface area contributed by atoms with Crippen LogP contribution in [0.15, 0.2) is 18.2 Å². The molecule has 0 unspecified atom stereocenters. The van der Waals surface area contributed by atoms with Crippen molar-refractivity contribution in [1.82, 2.24) is 5.32 Å². The Kier molecular flexibility index (Phi) is 3.37. The summed E-state index contributed by atoms with van der Waals surface area (Å²) in [5.74, 6) is 0.561. The third-order valence-corrected chi connectivity index (χ3v) is 4.81. The maximum absolute atomic E-state index is 12.3. The van der Waals surface area contributed by atoms with E-state index < -0.39 is 0 Å². The van der Waals surface area contributed by atoms with E-state index in [1.807, 2.05) is 23.1 Å². The molecule has 2 amide bonds. The van der Waals surface area contributed by atoms with Gasteiger partial charge in [0.1, 0.15) is 0 Å². The quantitative estimate of drug-likeness (QED) is 0.892. The summed E-state index contributed by atoms with van der Waals surface area (Å²) >= 11 is 0. The molecule has 2 N–H and O–H groups in total. The van der Waals surface area contributed by atoms with E-state index in [1.54, 1.807) is 0 Å². The summed E-state index contributed by atoms with van der Waals surface area (Å²) in [5.41, 5.74) is 3.01. The van der Waals surface area contributed by atoms with Gasteiger partial charge in [-0.1, -0.05) is 0 Å². The Morgan fingerprint density at radius 2 is 2.09 bits per heavy atom. The molecule has 5 nitrogen and oxygen atoms in total. The molecule has 116 valence electrons. The Morgan fingerprint density at radius 1 is 1.23 bits per heavy atom. The topological polar surface area (TPSA) is 61.4 Å². The second-order valence-electron chi connectivity index (χ2n) is 6.50. The molecule has 0 spiro atoms.